The lowest BCUT2D eigenvalue weighted by molar-refractivity contribution is -0.137. The van der Waals surface area contributed by atoms with Crippen LogP contribution >= 0.6 is 0 Å². The van der Waals surface area contributed by atoms with Gasteiger partial charge in [0, 0.05) is 18.3 Å². The summed E-state index contributed by atoms with van der Waals surface area (Å²) in [6.07, 6.45) is 0.651. The van der Waals surface area contributed by atoms with E-state index in [0.29, 0.717) is 24.5 Å². The van der Waals surface area contributed by atoms with Crippen LogP contribution in [0.1, 0.15) is 19.0 Å². The third-order valence-corrected chi connectivity index (χ3v) is 2.37. The number of carbonyl (C=O) groups excluding carboxylic acids is 1. The van der Waals surface area contributed by atoms with Gasteiger partial charge in [-0.05, 0) is 13.3 Å². The lowest BCUT2D eigenvalue weighted by Crippen LogP contribution is -2.39. The highest BCUT2D eigenvalue weighted by Gasteiger charge is 2.17. The molecule has 0 radical (unpaired) electrons. The van der Waals surface area contributed by atoms with Crippen LogP contribution in [0.15, 0.2) is 6.07 Å². The molecule has 0 aromatic carbocycles. The Bertz CT molecular complexity index is 492. The van der Waals surface area contributed by atoms with E-state index in [1.807, 2.05) is 6.92 Å². The maximum Gasteiger partial charge on any atom is 0.324 e. The van der Waals surface area contributed by atoms with Crippen molar-refractivity contribution in [1.82, 2.24) is 14.9 Å². The van der Waals surface area contributed by atoms with Crippen molar-refractivity contribution < 1.29 is 19.4 Å². The molecule has 110 valence electrons. The van der Waals surface area contributed by atoms with Crippen molar-refractivity contribution in [1.29, 1.82) is 0 Å². The lowest BCUT2D eigenvalue weighted by atomic mass is 10.4. The maximum atomic E-state index is 12.0. The molecule has 1 heterocycles. The number of nitrogens with zero attached hydrogens (tertiary/aromatic N) is 3. The van der Waals surface area contributed by atoms with E-state index in [1.165, 1.54) is 12.0 Å². The van der Waals surface area contributed by atoms with Crippen molar-refractivity contribution in [3.63, 3.8) is 0 Å². The summed E-state index contributed by atoms with van der Waals surface area (Å²) in [5.41, 5.74) is 0.632. The van der Waals surface area contributed by atoms with Crippen molar-refractivity contribution >= 4 is 17.9 Å². The molecular weight excluding hydrogens is 264 g/mol. The van der Waals surface area contributed by atoms with Gasteiger partial charge in [-0.15, -0.1) is 0 Å². The number of amides is 2. The Labute approximate surface area is 116 Å². The molecule has 8 nitrogen and oxygen atoms in total. The fourth-order valence-electron chi connectivity index (χ4n) is 1.56. The lowest BCUT2D eigenvalue weighted by Gasteiger charge is -2.19. The molecule has 1 rings (SSSR count). The molecule has 0 aliphatic rings. The first-order chi connectivity index (χ1) is 9.46. The van der Waals surface area contributed by atoms with E-state index in [2.05, 4.69) is 15.3 Å². The molecule has 0 saturated carbocycles. The third kappa shape index (κ3) is 4.71. The van der Waals surface area contributed by atoms with Crippen molar-refractivity contribution in [2.75, 3.05) is 25.5 Å². The van der Waals surface area contributed by atoms with E-state index in [9.17, 15) is 9.59 Å². The first-order valence-corrected chi connectivity index (χ1v) is 6.13. The summed E-state index contributed by atoms with van der Waals surface area (Å²) in [4.78, 5) is 31.9. The molecule has 8 heteroatoms. The number of anilines is 1. The number of hydrogen-bond acceptors (Lipinski definition) is 5. The Kier molecular flexibility index (Phi) is 5.70. The van der Waals surface area contributed by atoms with Gasteiger partial charge in [-0.1, -0.05) is 6.92 Å². The second-order valence-electron chi connectivity index (χ2n) is 4.12. The van der Waals surface area contributed by atoms with Crippen LogP contribution in [-0.2, 0) is 4.79 Å². The molecule has 0 bridgehead atoms. The Morgan fingerprint density at radius 2 is 2.15 bits per heavy atom. The highest BCUT2D eigenvalue weighted by atomic mass is 16.5. The van der Waals surface area contributed by atoms with Crippen LogP contribution in [0.4, 0.5) is 10.7 Å². The van der Waals surface area contributed by atoms with E-state index >= 15 is 0 Å². The number of carboxylic acid groups (broad SMARTS) is 1. The SMILES string of the molecule is CCCN(CC(=O)O)C(=O)Nc1nc(C)cc(OC)n1. The number of aryl methyl sites for hydroxylation is 1. The van der Waals surface area contributed by atoms with Gasteiger partial charge in [-0.2, -0.15) is 4.98 Å². The highest BCUT2D eigenvalue weighted by molar-refractivity contribution is 5.89. The second kappa shape index (κ2) is 7.27. The highest BCUT2D eigenvalue weighted by Crippen LogP contribution is 2.11. The van der Waals surface area contributed by atoms with Gasteiger partial charge in [0.15, 0.2) is 0 Å². The van der Waals surface area contributed by atoms with Crippen LogP contribution in [0.3, 0.4) is 0 Å². The monoisotopic (exact) mass is 282 g/mol. The number of urea groups is 1. The molecule has 0 saturated heterocycles. The van der Waals surface area contributed by atoms with Gasteiger partial charge in [0.25, 0.3) is 0 Å². The van der Waals surface area contributed by atoms with Gasteiger partial charge >= 0.3 is 12.0 Å². The largest absolute Gasteiger partial charge is 0.481 e. The Morgan fingerprint density at radius 1 is 1.45 bits per heavy atom. The molecule has 1 aromatic heterocycles. The molecule has 0 atom stereocenters. The van der Waals surface area contributed by atoms with Gasteiger partial charge in [-0.25, -0.2) is 9.78 Å². The maximum absolute atomic E-state index is 12.0. The summed E-state index contributed by atoms with van der Waals surface area (Å²) < 4.78 is 4.98. The molecule has 2 amide bonds. The van der Waals surface area contributed by atoms with Gasteiger partial charge < -0.3 is 14.7 Å². The predicted octanol–water partition coefficient (Wildman–Crippen LogP) is 1.12. The molecule has 0 unspecified atom stereocenters. The van der Waals surface area contributed by atoms with Crippen molar-refractivity contribution in [3.05, 3.63) is 11.8 Å². The number of aliphatic carboxylic acids is 1. The van der Waals surface area contributed by atoms with E-state index in [-0.39, 0.29) is 12.5 Å². The second-order valence-corrected chi connectivity index (χ2v) is 4.12. The van der Waals surface area contributed by atoms with Crippen LogP contribution in [0, 0.1) is 6.92 Å². The summed E-state index contributed by atoms with van der Waals surface area (Å²) in [6, 6.07) is 1.07. The Morgan fingerprint density at radius 3 is 2.70 bits per heavy atom. The van der Waals surface area contributed by atoms with Crippen LogP contribution in [-0.4, -0.2) is 52.2 Å². The number of carbonyl (C=O) groups is 2. The van der Waals surface area contributed by atoms with Crippen LogP contribution in [0.25, 0.3) is 0 Å². The smallest absolute Gasteiger partial charge is 0.324 e. The minimum absolute atomic E-state index is 0.0818. The van der Waals surface area contributed by atoms with E-state index in [1.54, 1.807) is 13.0 Å². The zero-order valence-electron chi connectivity index (χ0n) is 11.7. The summed E-state index contributed by atoms with van der Waals surface area (Å²) in [7, 11) is 1.46. The molecule has 2 N–H and O–H groups in total. The van der Waals surface area contributed by atoms with Crippen LogP contribution in [0.5, 0.6) is 5.88 Å². The van der Waals surface area contributed by atoms with Gasteiger partial charge in [0.1, 0.15) is 6.54 Å². The summed E-state index contributed by atoms with van der Waals surface area (Å²) in [6.45, 7) is 3.55. The summed E-state index contributed by atoms with van der Waals surface area (Å²) in [5.74, 6) is -0.664. The predicted molar refractivity (Wildman–Crippen MR) is 71.8 cm³/mol. The number of hydrogen-bond donors (Lipinski definition) is 2. The van der Waals surface area contributed by atoms with E-state index in [0.717, 1.165) is 0 Å². The summed E-state index contributed by atoms with van der Waals surface area (Å²) in [5, 5.41) is 11.2. The number of methoxy groups -OCH3 is 1. The average molecular weight is 282 g/mol. The van der Waals surface area contributed by atoms with Crippen LogP contribution < -0.4 is 10.1 Å². The van der Waals surface area contributed by atoms with Crippen molar-refractivity contribution in [2.45, 2.75) is 20.3 Å². The number of ether oxygens (including phenoxy) is 1. The number of aromatic nitrogens is 2. The summed E-state index contributed by atoms with van der Waals surface area (Å²) >= 11 is 0. The minimum atomic E-state index is -1.07. The average Bonchev–Trinajstić information content (AvgIpc) is 2.36. The normalized spacial score (nSPS) is 9.95. The van der Waals surface area contributed by atoms with Gasteiger partial charge in [0.05, 0.1) is 7.11 Å². The standard InChI is InChI=1S/C12H18N4O4/c1-4-5-16(7-10(17)18)12(19)15-11-13-8(2)6-9(14-11)20-3/h6H,4-5,7H2,1-3H3,(H,17,18)(H,13,14,15,19). The Balaban J connectivity index is 2.81. The van der Waals surface area contributed by atoms with Crippen molar-refractivity contribution in [2.24, 2.45) is 0 Å². The van der Waals surface area contributed by atoms with Crippen molar-refractivity contribution in [3.8, 4) is 5.88 Å². The van der Waals surface area contributed by atoms with Gasteiger partial charge in [-0.3, -0.25) is 10.1 Å². The van der Waals surface area contributed by atoms with E-state index in [4.69, 9.17) is 9.84 Å². The topological polar surface area (TPSA) is 105 Å². The van der Waals surface area contributed by atoms with E-state index < -0.39 is 12.0 Å². The number of nitrogens with one attached hydrogen (secondary N) is 1. The molecule has 0 fully saturated rings. The fourth-order valence-corrected chi connectivity index (χ4v) is 1.56. The molecule has 20 heavy (non-hydrogen) atoms. The first kappa shape index (κ1) is 15.7. The zero-order valence-corrected chi connectivity index (χ0v) is 11.7. The molecule has 1 aromatic rings. The minimum Gasteiger partial charge on any atom is -0.481 e. The molecular formula is C12H18N4O4. The van der Waals surface area contributed by atoms with Crippen LogP contribution in [0.2, 0.25) is 0 Å². The third-order valence-electron chi connectivity index (χ3n) is 2.37. The molecule has 0 spiro atoms. The number of rotatable bonds is 6. The zero-order chi connectivity index (χ0) is 15.1. The Hall–Kier alpha value is -2.38. The number of carboxylic acids is 1. The fraction of sp³-hybridized carbons (Fsp3) is 0.500. The quantitative estimate of drug-likeness (QED) is 0.810. The first-order valence-electron chi connectivity index (χ1n) is 6.13. The van der Waals surface area contributed by atoms with Gasteiger partial charge in [0.2, 0.25) is 11.8 Å². The molecule has 0 aliphatic carbocycles. The molecule has 0 aliphatic heterocycles.